The standard InChI is InChI=1S/C30H31N5O3/c1-21(5-4-10-31)28(14-29(36)25-7-3-6-24(13-25)22(2)15-32)35-17-26(16-33)27-18-34-11-8-30(27)38-20-23-9-12-37-19-23/h3-14,16-18,22-23H,19-20,31,33H2,1-2H3/b10-4+,21-5-,26-16?,28-14+,35-17?. The highest BCUT2D eigenvalue weighted by Gasteiger charge is 2.14. The molecule has 0 radical (unpaired) electrons. The van der Waals surface area contributed by atoms with Crippen molar-refractivity contribution in [3.63, 3.8) is 0 Å². The third-order valence-electron chi connectivity index (χ3n) is 5.82. The average Bonchev–Trinajstić information content (AvgIpc) is 3.48. The molecule has 0 bridgehead atoms. The maximum Gasteiger partial charge on any atom is 0.188 e. The Kier molecular flexibility index (Phi) is 10.2. The number of nitrogens with two attached hydrogens (primary N) is 2. The van der Waals surface area contributed by atoms with Gasteiger partial charge in [-0.25, -0.2) is 0 Å². The number of hydrogen-bond donors (Lipinski definition) is 2. The second kappa shape index (κ2) is 14.0. The predicted molar refractivity (Wildman–Crippen MR) is 149 cm³/mol. The molecule has 0 amide bonds. The van der Waals surface area contributed by atoms with Gasteiger partial charge in [0.2, 0.25) is 0 Å². The Balaban J connectivity index is 1.91. The molecule has 0 saturated carbocycles. The fraction of sp³-hybridized carbons (Fsp3) is 0.200. The van der Waals surface area contributed by atoms with E-state index in [2.05, 4.69) is 16.0 Å². The zero-order valence-corrected chi connectivity index (χ0v) is 21.5. The van der Waals surface area contributed by atoms with Crippen LogP contribution >= 0.6 is 0 Å². The van der Waals surface area contributed by atoms with Gasteiger partial charge < -0.3 is 20.9 Å². The van der Waals surface area contributed by atoms with Gasteiger partial charge in [-0.05, 0) is 55.5 Å². The van der Waals surface area contributed by atoms with E-state index in [1.54, 1.807) is 68.2 Å². The SMILES string of the molecule is CC(=C/C=C/N)/C(=C\C(=O)c1cccc(C(C)C#N)c1)N=CC(=CN)c1cnccc1OCC1C=COC1. The van der Waals surface area contributed by atoms with Gasteiger partial charge in [0.15, 0.2) is 5.78 Å². The lowest BCUT2D eigenvalue weighted by Crippen LogP contribution is -2.12. The molecule has 2 unspecified atom stereocenters. The van der Waals surface area contributed by atoms with Crippen LogP contribution in [0.25, 0.3) is 5.57 Å². The molecule has 0 fully saturated rings. The number of aromatic nitrogens is 1. The number of nitrogens with zero attached hydrogens (tertiary/aromatic N) is 3. The van der Waals surface area contributed by atoms with E-state index in [1.165, 1.54) is 18.5 Å². The van der Waals surface area contributed by atoms with Crippen molar-refractivity contribution in [1.29, 1.82) is 5.26 Å². The number of carbonyl (C=O) groups excluding carboxylic acids is 1. The largest absolute Gasteiger partial charge is 0.501 e. The third kappa shape index (κ3) is 7.55. The normalized spacial score (nSPS) is 17.0. The summed E-state index contributed by atoms with van der Waals surface area (Å²) < 4.78 is 11.3. The monoisotopic (exact) mass is 509 g/mol. The summed E-state index contributed by atoms with van der Waals surface area (Å²) in [5.41, 5.74) is 15.1. The summed E-state index contributed by atoms with van der Waals surface area (Å²) >= 11 is 0. The molecule has 8 nitrogen and oxygen atoms in total. The molecule has 2 aromatic rings. The van der Waals surface area contributed by atoms with Crippen LogP contribution in [0.4, 0.5) is 0 Å². The molecule has 38 heavy (non-hydrogen) atoms. The Hall–Kier alpha value is -4.90. The van der Waals surface area contributed by atoms with E-state index >= 15 is 0 Å². The fourth-order valence-corrected chi connectivity index (χ4v) is 3.55. The Labute approximate surface area is 223 Å². The van der Waals surface area contributed by atoms with E-state index in [1.807, 2.05) is 19.1 Å². The molecular formula is C30H31N5O3. The maximum atomic E-state index is 13.2. The minimum atomic E-state index is -0.328. The third-order valence-corrected chi connectivity index (χ3v) is 5.82. The zero-order valence-electron chi connectivity index (χ0n) is 21.5. The smallest absolute Gasteiger partial charge is 0.188 e. The molecular weight excluding hydrogens is 478 g/mol. The van der Waals surface area contributed by atoms with Gasteiger partial charge in [-0.3, -0.25) is 14.8 Å². The van der Waals surface area contributed by atoms with Gasteiger partial charge in [0, 0.05) is 53.5 Å². The summed E-state index contributed by atoms with van der Waals surface area (Å²) in [6.45, 7) is 4.63. The van der Waals surface area contributed by atoms with E-state index in [0.717, 1.165) is 5.56 Å². The van der Waals surface area contributed by atoms with Crippen molar-refractivity contribution < 1.29 is 14.3 Å². The van der Waals surface area contributed by atoms with E-state index in [0.29, 0.717) is 46.9 Å². The summed E-state index contributed by atoms with van der Waals surface area (Å²) in [4.78, 5) is 22.0. The van der Waals surface area contributed by atoms with Gasteiger partial charge in [0.1, 0.15) is 5.75 Å². The number of hydrogen-bond acceptors (Lipinski definition) is 8. The molecule has 1 aromatic heterocycles. The highest BCUT2D eigenvalue weighted by molar-refractivity contribution is 6.11. The number of carbonyl (C=O) groups is 1. The van der Waals surface area contributed by atoms with Crippen LogP contribution in [0, 0.1) is 17.2 Å². The van der Waals surface area contributed by atoms with Crippen molar-refractivity contribution in [2.45, 2.75) is 19.8 Å². The van der Waals surface area contributed by atoms with Gasteiger partial charge in [-0.15, -0.1) is 0 Å². The lowest BCUT2D eigenvalue weighted by atomic mass is 9.98. The first kappa shape index (κ1) is 27.7. The van der Waals surface area contributed by atoms with Gasteiger partial charge in [-0.2, -0.15) is 5.26 Å². The van der Waals surface area contributed by atoms with Gasteiger partial charge >= 0.3 is 0 Å². The number of allylic oxidation sites excluding steroid dienone is 5. The van der Waals surface area contributed by atoms with Crippen LogP contribution in [0.2, 0.25) is 0 Å². The minimum Gasteiger partial charge on any atom is -0.501 e. The Morgan fingerprint density at radius 1 is 1.37 bits per heavy atom. The first-order chi connectivity index (χ1) is 18.5. The van der Waals surface area contributed by atoms with Crippen molar-refractivity contribution in [3.05, 3.63) is 114 Å². The van der Waals surface area contributed by atoms with Crippen LogP contribution in [0.15, 0.2) is 102 Å². The number of rotatable bonds is 11. The van der Waals surface area contributed by atoms with Crippen LogP contribution < -0.4 is 16.2 Å². The van der Waals surface area contributed by atoms with E-state index < -0.39 is 0 Å². The van der Waals surface area contributed by atoms with Crippen LogP contribution in [0.5, 0.6) is 5.75 Å². The molecule has 0 spiro atoms. The van der Waals surface area contributed by atoms with Crippen molar-refractivity contribution in [2.75, 3.05) is 13.2 Å². The molecule has 194 valence electrons. The number of benzene rings is 1. The quantitative estimate of drug-likeness (QED) is 0.192. The molecule has 8 heteroatoms. The number of pyridine rings is 1. The van der Waals surface area contributed by atoms with Crippen molar-refractivity contribution >= 4 is 17.6 Å². The second-order valence-electron chi connectivity index (χ2n) is 8.59. The number of nitriles is 1. The number of ketones is 1. The zero-order chi connectivity index (χ0) is 27.3. The molecule has 1 aliphatic rings. The molecule has 0 aliphatic carbocycles. The minimum absolute atomic E-state index is 0.161. The number of aliphatic imine (C=N–C) groups is 1. The van der Waals surface area contributed by atoms with E-state index in [4.69, 9.17) is 20.9 Å². The molecule has 2 heterocycles. The van der Waals surface area contributed by atoms with Crippen LogP contribution in [0.1, 0.15) is 41.3 Å². The molecule has 4 N–H and O–H groups in total. The predicted octanol–water partition coefficient (Wildman–Crippen LogP) is 4.80. The molecule has 2 atom stereocenters. The lowest BCUT2D eigenvalue weighted by molar-refractivity contribution is 0.104. The summed E-state index contributed by atoms with van der Waals surface area (Å²) in [7, 11) is 0. The first-order valence-electron chi connectivity index (χ1n) is 12.1. The Bertz CT molecular complexity index is 1360. The van der Waals surface area contributed by atoms with E-state index in [-0.39, 0.29) is 17.6 Å². The highest BCUT2D eigenvalue weighted by atomic mass is 16.5. The van der Waals surface area contributed by atoms with Crippen LogP contribution in [-0.4, -0.2) is 30.2 Å². The van der Waals surface area contributed by atoms with Crippen LogP contribution in [0.3, 0.4) is 0 Å². The lowest BCUT2D eigenvalue weighted by Gasteiger charge is -2.13. The molecule has 3 rings (SSSR count). The van der Waals surface area contributed by atoms with Crippen molar-refractivity contribution in [2.24, 2.45) is 22.4 Å². The molecule has 0 saturated heterocycles. The molecule has 1 aliphatic heterocycles. The van der Waals surface area contributed by atoms with Crippen molar-refractivity contribution in [1.82, 2.24) is 4.98 Å². The van der Waals surface area contributed by atoms with Gasteiger partial charge in [0.25, 0.3) is 0 Å². The Morgan fingerprint density at radius 3 is 2.92 bits per heavy atom. The first-order valence-corrected chi connectivity index (χ1v) is 12.1. The van der Waals surface area contributed by atoms with Gasteiger partial charge in [-0.1, -0.05) is 24.3 Å². The summed E-state index contributed by atoms with van der Waals surface area (Å²) in [5.74, 6) is 0.190. The summed E-state index contributed by atoms with van der Waals surface area (Å²) in [6, 6.07) is 11.0. The number of ether oxygens (including phenoxy) is 2. The van der Waals surface area contributed by atoms with Gasteiger partial charge in [0.05, 0.1) is 37.2 Å². The fourth-order valence-electron chi connectivity index (χ4n) is 3.55. The average molecular weight is 510 g/mol. The maximum absolute atomic E-state index is 13.2. The topological polar surface area (TPSA) is 137 Å². The summed E-state index contributed by atoms with van der Waals surface area (Å²) in [5, 5.41) is 9.24. The van der Waals surface area contributed by atoms with Crippen LogP contribution in [-0.2, 0) is 4.74 Å². The van der Waals surface area contributed by atoms with Crippen molar-refractivity contribution in [3.8, 4) is 11.8 Å². The Morgan fingerprint density at radius 2 is 2.21 bits per heavy atom. The molecule has 1 aromatic carbocycles. The highest BCUT2D eigenvalue weighted by Crippen LogP contribution is 2.26. The second-order valence-corrected chi connectivity index (χ2v) is 8.59. The van der Waals surface area contributed by atoms with E-state index in [9.17, 15) is 10.1 Å². The summed E-state index contributed by atoms with van der Waals surface area (Å²) in [6.07, 6.45) is 16.2.